The number of nitro groups is 1. The van der Waals surface area contributed by atoms with Crippen LogP contribution >= 0.6 is 11.3 Å². The average Bonchev–Trinajstić information content (AvgIpc) is 3.31. The van der Waals surface area contributed by atoms with Crippen molar-refractivity contribution in [2.45, 2.75) is 11.8 Å². The second-order valence-electron chi connectivity index (χ2n) is 5.47. The molecule has 2 amide bonds. The number of hydrogen-bond donors (Lipinski definition) is 4. The van der Waals surface area contributed by atoms with Gasteiger partial charge in [0, 0.05) is 5.69 Å². The summed E-state index contributed by atoms with van der Waals surface area (Å²) in [5.41, 5.74) is 12.6. The molecular weight excluding hydrogens is 452 g/mol. The van der Waals surface area contributed by atoms with Gasteiger partial charge in [0.1, 0.15) is 9.93 Å². The van der Waals surface area contributed by atoms with E-state index < -0.39 is 26.9 Å². The van der Waals surface area contributed by atoms with Crippen LogP contribution in [0, 0.1) is 17.0 Å². The number of benzene rings is 1. The first-order chi connectivity index (χ1) is 14.6. The van der Waals surface area contributed by atoms with Gasteiger partial charge in [0.25, 0.3) is 10.0 Å². The third kappa shape index (κ3) is 7.37. The number of nitrogens with two attached hydrogens (primary N) is 2. The Hall–Kier alpha value is -4.05. The molecule has 0 spiro atoms. The SMILES string of the molecule is Cc1nnc(NS(=O)(=O)c2ccc(N)cc2)s1.NC(=O)N/N=C/c1ccc([N+](=O)[O-])o1. The minimum atomic E-state index is -3.61. The zero-order valence-electron chi connectivity index (χ0n) is 15.8. The summed E-state index contributed by atoms with van der Waals surface area (Å²) >= 11 is 1.18. The van der Waals surface area contributed by atoms with Crippen LogP contribution < -0.4 is 21.6 Å². The predicted octanol–water partition coefficient (Wildman–Crippen LogP) is 1.42. The number of rotatable bonds is 6. The minimum absolute atomic E-state index is 0.138. The van der Waals surface area contributed by atoms with E-state index in [1.54, 1.807) is 6.92 Å². The molecule has 2 heterocycles. The van der Waals surface area contributed by atoms with Crippen molar-refractivity contribution < 1.29 is 22.6 Å². The molecule has 0 atom stereocenters. The number of hydrazone groups is 1. The van der Waals surface area contributed by atoms with Crippen molar-refractivity contribution in [1.29, 1.82) is 0 Å². The monoisotopic (exact) mass is 468 g/mol. The molecule has 0 aliphatic heterocycles. The van der Waals surface area contributed by atoms with Crippen molar-refractivity contribution in [2.75, 3.05) is 10.5 Å². The van der Waals surface area contributed by atoms with Crippen LogP contribution in [-0.2, 0) is 10.0 Å². The zero-order chi connectivity index (χ0) is 23.0. The lowest BCUT2D eigenvalue weighted by Crippen LogP contribution is -2.24. The van der Waals surface area contributed by atoms with Crippen molar-refractivity contribution in [3.05, 3.63) is 57.3 Å². The maximum atomic E-state index is 11.9. The molecule has 0 radical (unpaired) electrons. The zero-order valence-corrected chi connectivity index (χ0v) is 17.4. The van der Waals surface area contributed by atoms with Gasteiger partial charge >= 0.3 is 11.9 Å². The standard InChI is InChI=1S/C9H10N4O2S2.C6H6N4O4/c1-6-11-12-9(16-6)13-17(14,15)8-4-2-7(10)3-5-8;7-6(11)9-8-3-4-1-2-5(14-4)10(12)13/h2-5H,10H2,1H3,(H,12,13);1-3H,(H3,7,9,11)/b;8-3+. The average molecular weight is 468 g/mol. The topological polar surface area (TPSA) is 222 Å². The number of carbonyl (C=O) groups excluding carboxylic acids is 1. The second kappa shape index (κ2) is 10.1. The van der Waals surface area contributed by atoms with Crippen molar-refractivity contribution in [3.63, 3.8) is 0 Å². The lowest BCUT2D eigenvalue weighted by molar-refractivity contribution is -0.402. The quantitative estimate of drug-likeness (QED) is 0.177. The molecule has 6 N–H and O–H groups in total. The fraction of sp³-hybridized carbons (Fsp3) is 0.0667. The number of urea groups is 1. The van der Waals surface area contributed by atoms with Crippen LogP contribution in [0.3, 0.4) is 0 Å². The Labute approximate surface area is 179 Å². The molecular formula is C15H16N8O6S2. The normalized spacial score (nSPS) is 10.9. The Morgan fingerprint density at radius 2 is 1.94 bits per heavy atom. The number of nitrogens with zero attached hydrogens (tertiary/aromatic N) is 4. The number of sulfonamides is 1. The Morgan fingerprint density at radius 3 is 2.45 bits per heavy atom. The van der Waals surface area contributed by atoms with Crippen LogP contribution in [0.25, 0.3) is 0 Å². The van der Waals surface area contributed by atoms with E-state index in [1.807, 2.05) is 5.43 Å². The summed E-state index contributed by atoms with van der Waals surface area (Å²) in [4.78, 5) is 19.8. The second-order valence-corrected chi connectivity index (χ2v) is 8.33. The summed E-state index contributed by atoms with van der Waals surface area (Å²) in [5, 5.41) is 21.9. The third-order valence-electron chi connectivity index (χ3n) is 3.10. The van der Waals surface area contributed by atoms with Crippen molar-refractivity contribution in [2.24, 2.45) is 10.8 Å². The van der Waals surface area contributed by atoms with E-state index in [-0.39, 0.29) is 15.8 Å². The number of amides is 2. The van der Waals surface area contributed by atoms with Crippen LogP contribution in [0.1, 0.15) is 10.8 Å². The van der Waals surface area contributed by atoms with Gasteiger partial charge in [0.15, 0.2) is 5.76 Å². The Kier molecular flexibility index (Phi) is 7.58. The number of aryl methyl sites for hydroxylation is 1. The van der Waals surface area contributed by atoms with Crippen molar-refractivity contribution in [3.8, 4) is 0 Å². The lowest BCUT2D eigenvalue weighted by atomic mass is 10.3. The van der Waals surface area contributed by atoms with Gasteiger partial charge < -0.3 is 15.9 Å². The number of carbonyl (C=O) groups is 1. The van der Waals surface area contributed by atoms with Crippen LogP contribution in [0.2, 0.25) is 0 Å². The van der Waals surface area contributed by atoms with Crippen LogP contribution in [0.5, 0.6) is 0 Å². The van der Waals surface area contributed by atoms with Gasteiger partial charge in [0.2, 0.25) is 5.13 Å². The third-order valence-corrected chi connectivity index (χ3v) is 5.34. The van der Waals surface area contributed by atoms with E-state index >= 15 is 0 Å². The number of nitrogens with one attached hydrogen (secondary N) is 2. The van der Waals surface area contributed by atoms with Gasteiger partial charge in [-0.2, -0.15) is 5.10 Å². The molecule has 164 valence electrons. The fourth-order valence-corrected chi connectivity index (χ4v) is 3.65. The number of anilines is 2. The molecule has 0 aliphatic carbocycles. The fourth-order valence-electron chi connectivity index (χ4n) is 1.83. The highest BCUT2D eigenvalue weighted by atomic mass is 32.2. The van der Waals surface area contributed by atoms with Gasteiger partial charge in [-0.05, 0) is 37.3 Å². The molecule has 0 saturated carbocycles. The predicted molar refractivity (Wildman–Crippen MR) is 112 cm³/mol. The molecule has 0 aliphatic rings. The highest BCUT2D eigenvalue weighted by Gasteiger charge is 2.16. The van der Waals surface area contributed by atoms with E-state index in [0.29, 0.717) is 10.7 Å². The molecule has 3 aromatic rings. The first-order valence-electron chi connectivity index (χ1n) is 8.08. The molecule has 3 rings (SSSR count). The summed E-state index contributed by atoms with van der Waals surface area (Å²) < 4.78 is 30.9. The number of aromatic nitrogens is 2. The molecule has 0 unspecified atom stereocenters. The van der Waals surface area contributed by atoms with Crippen molar-refractivity contribution >= 4 is 50.3 Å². The molecule has 16 heteroatoms. The Morgan fingerprint density at radius 1 is 1.26 bits per heavy atom. The van der Waals surface area contributed by atoms with Gasteiger partial charge in [0.05, 0.1) is 17.2 Å². The van der Waals surface area contributed by atoms with Gasteiger partial charge in [-0.15, -0.1) is 10.2 Å². The minimum Gasteiger partial charge on any atom is -0.400 e. The summed E-state index contributed by atoms with van der Waals surface area (Å²) in [6.07, 6.45) is 1.10. The first kappa shape index (κ1) is 23.2. The Balaban J connectivity index is 0.000000225. The lowest BCUT2D eigenvalue weighted by Gasteiger charge is -2.04. The molecule has 0 bridgehead atoms. The van der Waals surface area contributed by atoms with Gasteiger partial charge in [-0.25, -0.2) is 18.6 Å². The van der Waals surface area contributed by atoms with E-state index in [9.17, 15) is 23.3 Å². The molecule has 2 aromatic heterocycles. The maximum Gasteiger partial charge on any atom is 0.433 e. The molecule has 0 fully saturated rings. The molecule has 14 nitrogen and oxygen atoms in total. The van der Waals surface area contributed by atoms with E-state index in [2.05, 4.69) is 24.4 Å². The number of hydrogen-bond acceptors (Lipinski definition) is 11. The largest absolute Gasteiger partial charge is 0.433 e. The molecule has 0 saturated heterocycles. The van der Waals surface area contributed by atoms with Gasteiger partial charge in [-0.3, -0.25) is 14.8 Å². The van der Waals surface area contributed by atoms with Gasteiger partial charge in [-0.1, -0.05) is 11.3 Å². The number of nitrogen functional groups attached to an aromatic ring is 1. The molecule has 1 aromatic carbocycles. The van der Waals surface area contributed by atoms with E-state index in [0.717, 1.165) is 6.21 Å². The number of primary amides is 1. The van der Waals surface area contributed by atoms with E-state index in [1.165, 1.54) is 47.7 Å². The summed E-state index contributed by atoms with van der Waals surface area (Å²) in [6, 6.07) is 7.61. The summed E-state index contributed by atoms with van der Waals surface area (Å²) in [5.74, 6) is -0.254. The maximum absolute atomic E-state index is 11.9. The van der Waals surface area contributed by atoms with Crippen LogP contribution in [0.4, 0.5) is 21.5 Å². The smallest absolute Gasteiger partial charge is 0.400 e. The van der Waals surface area contributed by atoms with E-state index in [4.69, 9.17) is 11.5 Å². The van der Waals surface area contributed by atoms with Crippen LogP contribution in [0.15, 0.2) is 50.8 Å². The molecule has 31 heavy (non-hydrogen) atoms. The summed E-state index contributed by atoms with van der Waals surface area (Å²) in [7, 11) is -3.61. The first-order valence-corrected chi connectivity index (χ1v) is 10.4. The highest BCUT2D eigenvalue weighted by Crippen LogP contribution is 2.19. The summed E-state index contributed by atoms with van der Waals surface area (Å²) in [6.45, 7) is 1.75. The highest BCUT2D eigenvalue weighted by molar-refractivity contribution is 7.93. The van der Waals surface area contributed by atoms with Crippen molar-refractivity contribution in [1.82, 2.24) is 15.6 Å². The van der Waals surface area contributed by atoms with Crippen LogP contribution in [-0.4, -0.2) is 35.8 Å². The Bertz CT molecular complexity index is 1190. The number of furan rings is 1.